The molecule has 1 heterocycles. The van der Waals surface area contributed by atoms with Gasteiger partial charge in [-0.2, -0.15) is 0 Å². The van der Waals surface area contributed by atoms with E-state index in [1.54, 1.807) is 6.07 Å². The van der Waals surface area contributed by atoms with Crippen LogP contribution in [-0.4, -0.2) is 31.2 Å². The van der Waals surface area contributed by atoms with Crippen LogP contribution in [0.4, 0.5) is 0 Å². The molecule has 0 saturated carbocycles. The lowest BCUT2D eigenvalue weighted by molar-refractivity contribution is -0.139. The summed E-state index contributed by atoms with van der Waals surface area (Å²) in [6.07, 6.45) is 0.738. The Kier molecular flexibility index (Phi) is 3.78. The molecule has 0 aliphatic heterocycles. The molecule has 2 rings (SSSR count). The SMILES string of the molecule is COC(=O)CNCCc1ccc2[nH]c(=O)oc2c1. The van der Waals surface area contributed by atoms with Crippen LogP contribution < -0.4 is 11.1 Å². The van der Waals surface area contributed by atoms with Gasteiger partial charge in [0.1, 0.15) is 0 Å². The van der Waals surface area contributed by atoms with E-state index in [-0.39, 0.29) is 12.5 Å². The van der Waals surface area contributed by atoms with Gasteiger partial charge in [-0.05, 0) is 30.7 Å². The van der Waals surface area contributed by atoms with Gasteiger partial charge in [-0.15, -0.1) is 0 Å². The monoisotopic (exact) mass is 250 g/mol. The van der Waals surface area contributed by atoms with Gasteiger partial charge in [-0.3, -0.25) is 9.78 Å². The molecule has 2 N–H and O–H groups in total. The molecule has 0 bridgehead atoms. The highest BCUT2D eigenvalue weighted by Gasteiger charge is 2.03. The Morgan fingerprint density at radius 3 is 3.11 bits per heavy atom. The first-order valence-electron chi connectivity index (χ1n) is 5.58. The summed E-state index contributed by atoms with van der Waals surface area (Å²) in [7, 11) is 1.35. The number of rotatable bonds is 5. The highest BCUT2D eigenvalue weighted by atomic mass is 16.5. The van der Waals surface area contributed by atoms with Crippen molar-refractivity contribution in [1.82, 2.24) is 10.3 Å². The maximum Gasteiger partial charge on any atom is 0.417 e. The van der Waals surface area contributed by atoms with E-state index >= 15 is 0 Å². The first kappa shape index (κ1) is 12.4. The second-order valence-corrected chi connectivity index (χ2v) is 3.85. The number of methoxy groups -OCH3 is 1. The zero-order valence-electron chi connectivity index (χ0n) is 9.99. The maximum absolute atomic E-state index is 11.0. The number of hydrogen-bond donors (Lipinski definition) is 2. The van der Waals surface area contributed by atoms with Gasteiger partial charge >= 0.3 is 11.7 Å². The molecule has 18 heavy (non-hydrogen) atoms. The number of esters is 1. The number of ether oxygens (including phenoxy) is 1. The fourth-order valence-electron chi connectivity index (χ4n) is 1.64. The Morgan fingerprint density at radius 2 is 2.33 bits per heavy atom. The van der Waals surface area contributed by atoms with Crippen molar-refractivity contribution in [2.75, 3.05) is 20.2 Å². The molecule has 0 saturated heterocycles. The number of aromatic amines is 1. The summed E-state index contributed by atoms with van der Waals surface area (Å²) < 4.78 is 9.47. The van der Waals surface area contributed by atoms with Gasteiger partial charge in [0.05, 0.1) is 19.2 Å². The van der Waals surface area contributed by atoms with Crippen molar-refractivity contribution in [3.63, 3.8) is 0 Å². The molecule has 0 aliphatic rings. The number of nitrogens with one attached hydrogen (secondary N) is 2. The topological polar surface area (TPSA) is 84.3 Å². The van der Waals surface area contributed by atoms with Crippen LogP contribution in [0.1, 0.15) is 5.56 Å². The van der Waals surface area contributed by atoms with Crippen LogP contribution in [0.2, 0.25) is 0 Å². The van der Waals surface area contributed by atoms with Crippen molar-refractivity contribution in [3.8, 4) is 0 Å². The van der Waals surface area contributed by atoms with E-state index in [4.69, 9.17) is 4.42 Å². The van der Waals surface area contributed by atoms with E-state index in [1.807, 2.05) is 12.1 Å². The molecule has 1 aromatic heterocycles. The van der Waals surface area contributed by atoms with Crippen molar-refractivity contribution in [3.05, 3.63) is 34.3 Å². The van der Waals surface area contributed by atoms with Crippen molar-refractivity contribution < 1.29 is 13.9 Å². The quantitative estimate of drug-likeness (QED) is 0.593. The molecule has 2 aromatic rings. The molecule has 0 fully saturated rings. The molecule has 0 spiro atoms. The number of hydrogen-bond acceptors (Lipinski definition) is 5. The third-order valence-corrected chi connectivity index (χ3v) is 2.57. The average Bonchev–Trinajstić information content (AvgIpc) is 2.73. The third-order valence-electron chi connectivity index (χ3n) is 2.57. The predicted octanol–water partition coefficient (Wildman–Crippen LogP) is 0.426. The summed E-state index contributed by atoms with van der Waals surface area (Å²) >= 11 is 0. The van der Waals surface area contributed by atoms with Crippen molar-refractivity contribution in [2.45, 2.75) is 6.42 Å². The zero-order chi connectivity index (χ0) is 13.0. The smallest absolute Gasteiger partial charge is 0.417 e. The van der Waals surface area contributed by atoms with Crippen LogP contribution >= 0.6 is 0 Å². The van der Waals surface area contributed by atoms with Gasteiger partial charge < -0.3 is 14.5 Å². The van der Waals surface area contributed by atoms with Gasteiger partial charge in [0.15, 0.2) is 5.58 Å². The summed E-state index contributed by atoms with van der Waals surface area (Å²) in [6.45, 7) is 0.841. The van der Waals surface area contributed by atoms with E-state index in [9.17, 15) is 9.59 Å². The number of carbonyl (C=O) groups excluding carboxylic acids is 1. The Morgan fingerprint density at radius 1 is 1.50 bits per heavy atom. The summed E-state index contributed by atoms with van der Waals surface area (Å²) in [5.41, 5.74) is 2.26. The zero-order valence-corrected chi connectivity index (χ0v) is 9.99. The standard InChI is InChI=1S/C12H14N2O4/c1-17-11(15)7-13-5-4-8-2-3-9-10(6-8)18-12(16)14-9/h2-3,6,13H,4-5,7H2,1H3,(H,14,16). The number of oxazole rings is 1. The van der Waals surface area contributed by atoms with Crippen molar-refractivity contribution in [2.24, 2.45) is 0 Å². The van der Waals surface area contributed by atoms with Crippen LogP contribution in [0.3, 0.4) is 0 Å². The Balaban J connectivity index is 1.91. The Hall–Kier alpha value is -2.08. The fourth-order valence-corrected chi connectivity index (χ4v) is 1.64. The number of benzene rings is 1. The van der Waals surface area contributed by atoms with E-state index in [1.165, 1.54) is 7.11 Å². The highest BCUT2D eigenvalue weighted by molar-refractivity contribution is 5.72. The summed E-state index contributed by atoms with van der Waals surface area (Å²) in [6, 6.07) is 5.52. The molecule has 1 aromatic carbocycles. The maximum atomic E-state index is 11.0. The lowest BCUT2D eigenvalue weighted by Gasteiger charge is -2.03. The van der Waals surface area contributed by atoms with Crippen LogP contribution in [0.5, 0.6) is 0 Å². The van der Waals surface area contributed by atoms with E-state index in [0.717, 1.165) is 12.0 Å². The molecule has 0 atom stereocenters. The van der Waals surface area contributed by atoms with Crippen LogP contribution in [-0.2, 0) is 16.0 Å². The van der Waals surface area contributed by atoms with Gasteiger partial charge in [-0.25, -0.2) is 4.79 Å². The Labute approximate surface area is 103 Å². The van der Waals surface area contributed by atoms with Crippen molar-refractivity contribution in [1.29, 1.82) is 0 Å². The summed E-state index contributed by atoms with van der Waals surface area (Å²) in [5, 5.41) is 2.96. The van der Waals surface area contributed by atoms with Gasteiger partial charge in [0.25, 0.3) is 0 Å². The minimum atomic E-state index is -0.453. The third kappa shape index (κ3) is 2.98. The molecule has 6 heteroatoms. The second-order valence-electron chi connectivity index (χ2n) is 3.85. The second kappa shape index (κ2) is 5.50. The molecule has 6 nitrogen and oxygen atoms in total. The molecule has 0 amide bonds. The lowest BCUT2D eigenvalue weighted by Crippen LogP contribution is -2.25. The summed E-state index contributed by atoms with van der Waals surface area (Å²) in [4.78, 5) is 24.4. The fraction of sp³-hybridized carbons (Fsp3) is 0.333. The largest absolute Gasteiger partial charge is 0.468 e. The molecule has 0 unspecified atom stereocenters. The molecular formula is C12H14N2O4. The number of aromatic nitrogens is 1. The first-order valence-corrected chi connectivity index (χ1v) is 5.58. The molecule has 0 aliphatic carbocycles. The molecular weight excluding hydrogens is 236 g/mol. The minimum absolute atomic E-state index is 0.192. The Bertz CT molecular complexity index is 599. The lowest BCUT2D eigenvalue weighted by atomic mass is 10.1. The van der Waals surface area contributed by atoms with E-state index in [0.29, 0.717) is 17.6 Å². The number of H-pyrrole nitrogens is 1. The summed E-state index contributed by atoms with van der Waals surface area (Å²) in [5.74, 6) is -0.743. The normalized spacial score (nSPS) is 10.7. The van der Waals surface area contributed by atoms with Crippen LogP contribution in [0.15, 0.2) is 27.4 Å². The number of fused-ring (bicyclic) bond motifs is 1. The average molecular weight is 250 g/mol. The number of carbonyl (C=O) groups is 1. The van der Waals surface area contributed by atoms with Crippen molar-refractivity contribution >= 4 is 17.1 Å². The van der Waals surface area contributed by atoms with Crippen LogP contribution in [0.25, 0.3) is 11.1 Å². The highest BCUT2D eigenvalue weighted by Crippen LogP contribution is 2.12. The van der Waals surface area contributed by atoms with Gasteiger partial charge in [0.2, 0.25) is 0 Å². The van der Waals surface area contributed by atoms with E-state index in [2.05, 4.69) is 15.0 Å². The van der Waals surface area contributed by atoms with Gasteiger partial charge in [-0.1, -0.05) is 6.07 Å². The van der Waals surface area contributed by atoms with Crippen LogP contribution in [0, 0.1) is 0 Å². The minimum Gasteiger partial charge on any atom is -0.468 e. The predicted molar refractivity (Wildman–Crippen MR) is 65.4 cm³/mol. The molecule has 96 valence electrons. The first-order chi connectivity index (χ1) is 8.69. The van der Waals surface area contributed by atoms with E-state index < -0.39 is 5.76 Å². The van der Waals surface area contributed by atoms with Gasteiger partial charge in [0, 0.05) is 0 Å². The molecule has 0 radical (unpaired) electrons.